The van der Waals surface area contributed by atoms with Crippen LogP contribution < -0.4 is 10.6 Å². The molecule has 0 aliphatic heterocycles. The summed E-state index contributed by atoms with van der Waals surface area (Å²) in [6.45, 7) is 4.42. The van der Waals surface area contributed by atoms with Crippen LogP contribution in [0.4, 0.5) is 0 Å². The summed E-state index contributed by atoms with van der Waals surface area (Å²) in [7, 11) is -1.74. The molecule has 0 aliphatic carbocycles. The minimum absolute atomic E-state index is 0.0632. The molecular formula is C12H23N5O2S2. The first kappa shape index (κ1) is 17.8. The number of thioether (sulfide) groups is 1. The lowest BCUT2D eigenvalue weighted by molar-refractivity contribution is 0.596. The maximum atomic E-state index is 11.6. The van der Waals surface area contributed by atoms with Crippen LogP contribution in [0.5, 0.6) is 0 Å². The minimum atomic E-state index is -3.38. The summed E-state index contributed by atoms with van der Waals surface area (Å²) in [4.78, 5) is 7.23. The zero-order chi connectivity index (χ0) is 15.7. The van der Waals surface area contributed by atoms with E-state index in [4.69, 9.17) is 0 Å². The van der Waals surface area contributed by atoms with Crippen molar-refractivity contribution in [2.24, 2.45) is 4.40 Å². The third kappa shape index (κ3) is 6.85. The van der Waals surface area contributed by atoms with Gasteiger partial charge in [0.25, 0.3) is 10.0 Å². The number of rotatable bonds is 8. The smallest absolute Gasteiger partial charge is 0.256 e. The van der Waals surface area contributed by atoms with E-state index in [-0.39, 0.29) is 5.75 Å². The summed E-state index contributed by atoms with van der Waals surface area (Å²) in [6, 6.07) is 0. The zero-order valence-electron chi connectivity index (χ0n) is 12.6. The molecule has 3 N–H and O–H groups in total. The van der Waals surface area contributed by atoms with Crippen molar-refractivity contribution < 1.29 is 8.42 Å². The van der Waals surface area contributed by atoms with Gasteiger partial charge in [-0.3, -0.25) is 0 Å². The van der Waals surface area contributed by atoms with Crippen molar-refractivity contribution >= 4 is 27.7 Å². The van der Waals surface area contributed by atoms with Crippen molar-refractivity contribution in [1.29, 1.82) is 0 Å². The van der Waals surface area contributed by atoms with Gasteiger partial charge in [0.1, 0.15) is 0 Å². The maximum Gasteiger partial charge on any atom is 0.256 e. The molecule has 0 spiro atoms. The Balaban J connectivity index is 2.33. The van der Waals surface area contributed by atoms with Crippen molar-refractivity contribution in [2.45, 2.75) is 26.0 Å². The molecule has 120 valence electrons. The fraction of sp³-hybridized carbons (Fsp3) is 0.667. The van der Waals surface area contributed by atoms with Gasteiger partial charge in [0, 0.05) is 30.8 Å². The van der Waals surface area contributed by atoms with Crippen LogP contribution in [0.3, 0.4) is 0 Å². The maximum absolute atomic E-state index is 11.6. The molecule has 0 aromatic carbocycles. The Bertz CT molecular complexity index is 554. The summed E-state index contributed by atoms with van der Waals surface area (Å²) < 4.78 is 26.9. The number of guanidine groups is 1. The Morgan fingerprint density at radius 2 is 2.29 bits per heavy atom. The van der Waals surface area contributed by atoms with Crippen molar-refractivity contribution in [2.75, 3.05) is 25.1 Å². The highest BCUT2D eigenvalue weighted by Crippen LogP contribution is 2.11. The number of hydrogen-bond donors (Lipinski definition) is 3. The SMILES string of the molecule is CCCS(=O)(=O)/N=C(\NC)NCCSCc1[nH]cnc1C. The van der Waals surface area contributed by atoms with Gasteiger partial charge in [-0.1, -0.05) is 6.92 Å². The lowest BCUT2D eigenvalue weighted by Crippen LogP contribution is -2.37. The van der Waals surface area contributed by atoms with Crippen LogP contribution in [0, 0.1) is 6.92 Å². The number of sulfonamides is 1. The van der Waals surface area contributed by atoms with Gasteiger partial charge in [-0.25, -0.2) is 13.4 Å². The average molecular weight is 333 g/mol. The predicted octanol–water partition coefficient (Wildman–Crippen LogP) is 0.856. The van der Waals surface area contributed by atoms with Crippen LogP contribution in [-0.2, 0) is 15.8 Å². The number of nitrogens with zero attached hydrogens (tertiary/aromatic N) is 2. The number of aryl methyl sites for hydroxylation is 1. The Morgan fingerprint density at radius 1 is 1.52 bits per heavy atom. The molecule has 0 unspecified atom stereocenters. The summed E-state index contributed by atoms with van der Waals surface area (Å²) in [5, 5.41) is 5.76. The van der Waals surface area contributed by atoms with Crippen LogP contribution in [0.25, 0.3) is 0 Å². The molecule has 1 aromatic heterocycles. The summed E-state index contributed by atoms with van der Waals surface area (Å²) in [5.41, 5.74) is 2.13. The van der Waals surface area contributed by atoms with E-state index in [2.05, 4.69) is 25.0 Å². The molecule has 0 radical (unpaired) electrons. The standard InChI is InChI=1S/C12H23N5O2S2/c1-4-7-21(18,19)17-12(13-3)14-5-6-20-8-11-10(2)15-9-16-11/h9H,4-8H2,1-3H3,(H,15,16)(H2,13,14,17). The predicted molar refractivity (Wildman–Crippen MR) is 88.1 cm³/mol. The third-order valence-corrected chi connectivity index (χ3v) is 5.02. The molecule has 1 aromatic rings. The Hall–Kier alpha value is -1.22. The van der Waals surface area contributed by atoms with Gasteiger partial charge in [-0.15, -0.1) is 4.40 Å². The van der Waals surface area contributed by atoms with E-state index < -0.39 is 10.0 Å². The van der Waals surface area contributed by atoms with Crippen molar-refractivity contribution in [3.63, 3.8) is 0 Å². The van der Waals surface area contributed by atoms with Gasteiger partial charge in [0.15, 0.2) is 0 Å². The second kappa shape index (κ2) is 8.93. The zero-order valence-corrected chi connectivity index (χ0v) is 14.3. The summed E-state index contributed by atoms with van der Waals surface area (Å²) >= 11 is 1.74. The highest BCUT2D eigenvalue weighted by atomic mass is 32.2. The van der Waals surface area contributed by atoms with Crippen LogP contribution in [0.15, 0.2) is 10.7 Å². The van der Waals surface area contributed by atoms with Gasteiger partial charge >= 0.3 is 0 Å². The Kier molecular flexibility index (Phi) is 7.58. The molecular weight excluding hydrogens is 310 g/mol. The Morgan fingerprint density at radius 3 is 2.86 bits per heavy atom. The monoisotopic (exact) mass is 333 g/mol. The molecule has 0 atom stereocenters. The molecule has 0 saturated carbocycles. The van der Waals surface area contributed by atoms with Gasteiger partial charge < -0.3 is 15.6 Å². The number of H-pyrrole nitrogens is 1. The third-order valence-electron chi connectivity index (χ3n) is 2.65. The first-order valence-electron chi connectivity index (χ1n) is 6.79. The fourth-order valence-corrected chi connectivity index (χ4v) is 3.49. The van der Waals surface area contributed by atoms with E-state index in [9.17, 15) is 8.42 Å². The van der Waals surface area contributed by atoms with Gasteiger partial charge in [-0.05, 0) is 13.3 Å². The second-order valence-corrected chi connectivity index (χ2v) is 7.28. The van der Waals surface area contributed by atoms with E-state index in [0.717, 1.165) is 22.9 Å². The van der Waals surface area contributed by atoms with Crippen LogP contribution in [-0.4, -0.2) is 49.4 Å². The van der Waals surface area contributed by atoms with E-state index in [1.165, 1.54) is 0 Å². The first-order valence-corrected chi connectivity index (χ1v) is 9.55. The number of aromatic amines is 1. The van der Waals surface area contributed by atoms with Gasteiger partial charge in [-0.2, -0.15) is 11.8 Å². The highest BCUT2D eigenvalue weighted by molar-refractivity contribution is 7.98. The second-order valence-electron chi connectivity index (χ2n) is 4.42. The van der Waals surface area contributed by atoms with E-state index in [1.54, 1.807) is 25.1 Å². The first-order chi connectivity index (χ1) is 9.98. The van der Waals surface area contributed by atoms with Gasteiger partial charge in [0.05, 0.1) is 17.8 Å². The van der Waals surface area contributed by atoms with Crippen LogP contribution in [0.2, 0.25) is 0 Å². The van der Waals surface area contributed by atoms with Crippen molar-refractivity contribution in [3.05, 3.63) is 17.7 Å². The van der Waals surface area contributed by atoms with E-state index >= 15 is 0 Å². The molecule has 1 rings (SSSR count). The molecule has 21 heavy (non-hydrogen) atoms. The van der Waals surface area contributed by atoms with Crippen molar-refractivity contribution in [1.82, 2.24) is 20.6 Å². The van der Waals surface area contributed by atoms with E-state index in [1.807, 2.05) is 13.8 Å². The molecule has 0 fully saturated rings. The summed E-state index contributed by atoms with van der Waals surface area (Å²) in [6.07, 6.45) is 2.25. The van der Waals surface area contributed by atoms with Crippen LogP contribution in [0.1, 0.15) is 24.7 Å². The minimum Gasteiger partial charge on any atom is -0.359 e. The van der Waals surface area contributed by atoms with Crippen LogP contribution >= 0.6 is 11.8 Å². The molecule has 9 heteroatoms. The topological polar surface area (TPSA) is 99.2 Å². The molecule has 0 bridgehead atoms. The molecule has 1 heterocycles. The Labute approximate surface area is 130 Å². The molecule has 0 amide bonds. The molecule has 7 nitrogen and oxygen atoms in total. The largest absolute Gasteiger partial charge is 0.359 e. The molecule has 0 saturated heterocycles. The molecule has 0 aliphatic rings. The lowest BCUT2D eigenvalue weighted by atomic mass is 10.4. The number of hydrogen-bond acceptors (Lipinski definition) is 4. The number of imidazole rings is 1. The normalized spacial score (nSPS) is 12.4. The average Bonchev–Trinajstić information content (AvgIpc) is 2.82. The quantitative estimate of drug-likeness (QED) is 0.371. The van der Waals surface area contributed by atoms with E-state index in [0.29, 0.717) is 18.9 Å². The number of aromatic nitrogens is 2. The van der Waals surface area contributed by atoms with Gasteiger partial charge in [0.2, 0.25) is 5.96 Å². The highest BCUT2D eigenvalue weighted by Gasteiger charge is 2.08. The summed E-state index contributed by atoms with van der Waals surface area (Å²) in [5.74, 6) is 2.05. The lowest BCUT2D eigenvalue weighted by Gasteiger charge is -2.09. The number of nitrogens with one attached hydrogen (secondary N) is 3. The fourth-order valence-electron chi connectivity index (χ4n) is 1.56. The van der Waals surface area contributed by atoms with Crippen molar-refractivity contribution in [3.8, 4) is 0 Å².